The average Bonchev–Trinajstić information content (AvgIpc) is 2.71. The Labute approximate surface area is 119 Å². The van der Waals surface area contributed by atoms with Gasteiger partial charge >= 0.3 is 5.69 Å². The van der Waals surface area contributed by atoms with Crippen molar-refractivity contribution in [3.63, 3.8) is 0 Å². The Hall–Kier alpha value is -1.83. The third-order valence-electron chi connectivity index (χ3n) is 3.08. The van der Waals surface area contributed by atoms with Crippen molar-refractivity contribution < 1.29 is 4.79 Å². The van der Waals surface area contributed by atoms with Crippen LogP contribution in [-0.2, 0) is 18.9 Å². The molecule has 20 heavy (non-hydrogen) atoms. The highest BCUT2D eigenvalue weighted by Crippen LogP contribution is 2.20. The van der Waals surface area contributed by atoms with Crippen LogP contribution in [0.15, 0.2) is 14.7 Å². The van der Waals surface area contributed by atoms with E-state index in [9.17, 15) is 14.4 Å². The predicted octanol–water partition coefficient (Wildman–Crippen LogP) is 0.277. The average molecular weight is 296 g/mol. The van der Waals surface area contributed by atoms with Crippen LogP contribution in [0.5, 0.6) is 0 Å². The number of thioether (sulfide) groups is 1. The molecule has 0 aromatic carbocycles. The van der Waals surface area contributed by atoms with Crippen molar-refractivity contribution in [2.45, 2.75) is 19.0 Å². The fourth-order valence-corrected chi connectivity index (χ4v) is 2.76. The number of carbonyl (C=O) groups is 1. The van der Waals surface area contributed by atoms with Crippen LogP contribution in [0.4, 0.5) is 0 Å². The van der Waals surface area contributed by atoms with E-state index in [2.05, 4.69) is 9.97 Å². The number of H-pyrrole nitrogens is 1. The maximum Gasteiger partial charge on any atom is 0.329 e. The number of aryl methyl sites for hydroxylation is 2. The molecule has 2 aromatic heterocycles. The lowest BCUT2D eigenvalue weighted by Crippen LogP contribution is -2.29. The molecule has 7 nitrogen and oxygen atoms in total. The maximum absolute atomic E-state index is 11.8. The fourth-order valence-electron chi connectivity index (χ4n) is 1.72. The van der Waals surface area contributed by atoms with E-state index < -0.39 is 11.2 Å². The molecule has 0 radical (unpaired) electrons. The van der Waals surface area contributed by atoms with E-state index in [1.165, 1.54) is 16.3 Å². The number of ketones is 1. The van der Waals surface area contributed by atoms with Crippen LogP contribution in [0.2, 0.25) is 0 Å². The van der Waals surface area contributed by atoms with Gasteiger partial charge in [-0.25, -0.2) is 9.78 Å². The highest BCUT2D eigenvalue weighted by Gasteiger charge is 2.16. The second kappa shape index (κ2) is 5.28. The summed E-state index contributed by atoms with van der Waals surface area (Å²) in [4.78, 5) is 41.5. The Morgan fingerprint density at radius 3 is 2.55 bits per heavy atom. The zero-order valence-corrected chi connectivity index (χ0v) is 12.6. The number of aromatic amines is 1. The van der Waals surface area contributed by atoms with Gasteiger partial charge in [0.2, 0.25) is 0 Å². The number of nitrogens with one attached hydrogen (secondary N) is 1. The summed E-state index contributed by atoms with van der Waals surface area (Å²) >= 11 is 1.27. The summed E-state index contributed by atoms with van der Waals surface area (Å²) in [6.45, 7) is 3.68. The number of nitrogens with zero attached hydrogens (tertiary/aromatic N) is 3. The predicted molar refractivity (Wildman–Crippen MR) is 77.1 cm³/mol. The van der Waals surface area contributed by atoms with Gasteiger partial charge in [-0.05, 0) is 0 Å². The van der Waals surface area contributed by atoms with Gasteiger partial charge < -0.3 is 4.57 Å². The molecule has 0 aliphatic rings. The molecule has 0 unspecified atom stereocenters. The molecule has 0 aliphatic heterocycles. The molecule has 1 N–H and O–H groups in total. The minimum Gasteiger partial charge on any atom is -0.316 e. The Balaban J connectivity index is 2.47. The number of fused-ring (bicyclic) bond motifs is 1. The van der Waals surface area contributed by atoms with E-state index in [0.717, 1.165) is 0 Å². The topological polar surface area (TPSA) is 89.8 Å². The molecule has 0 saturated carbocycles. The van der Waals surface area contributed by atoms with Gasteiger partial charge in [0.15, 0.2) is 16.3 Å². The minimum absolute atomic E-state index is 0.0371. The summed E-state index contributed by atoms with van der Waals surface area (Å²) in [5, 5.41) is 0.542. The third kappa shape index (κ3) is 2.43. The van der Waals surface area contributed by atoms with E-state index in [1.807, 2.05) is 13.8 Å². The second-order valence-electron chi connectivity index (χ2n) is 4.85. The molecule has 0 amide bonds. The lowest BCUT2D eigenvalue weighted by molar-refractivity contribution is -0.119. The molecule has 108 valence electrons. The number of hydrogen-bond acceptors (Lipinski definition) is 5. The van der Waals surface area contributed by atoms with Crippen LogP contribution in [0, 0.1) is 5.92 Å². The largest absolute Gasteiger partial charge is 0.329 e. The summed E-state index contributed by atoms with van der Waals surface area (Å²) in [7, 11) is 3.23. The summed E-state index contributed by atoms with van der Waals surface area (Å²) in [5.74, 6) is 0.371. The second-order valence-corrected chi connectivity index (χ2v) is 5.80. The van der Waals surface area contributed by atoms with Crippen LogP contribution in [0.25, 0.3) is 11.2 Å². The molecule has 0 atom stereocenters. The van der Waals surface area contributed by atoms with Gasteiger partial charge in [-0.3, -0.25) is 19.1 Å². The number of carbonyl (C=O) groups excluding carboxylic acids is 1. The van der Waals surface area contributed by atoms with Gasteiger partial charge in [0.05, 0.1) is 5.75 Å². The van der Waals surface area contributed by atoms with Crippen LogP contribution in [0.3, 0.4) is 0 Å². The smallest absolute Gasteiger partial charge is 0.316 e. The standard InChI is InChI=1S/C12H16N4O3S/c1-6(2)7(17)5-20-12-13-9-8(15(12)3)10(18)14-11(19)16(9)4/h6H,5H2,1-4H3,(H,14,18,19). The fraction of sp³-hybridized carbons (Fsp3) is 0.500. The highest BCUT2D eigenvalue weighted by molar-refractivity contribution is 7.99. The summed E-state index contributed by atoms with van der Waals surface area (Å²) in [6.07, 6.45) is 0. The van der Waals surface area contributed by atoms with E-state index in [1.54, 1.807) is 18.7 Å². The van der Waals surface area contributed by atoms with Gasteiger partial charge in [0, 0.05) is 20.0 Å². The summed E-state index contributed by atoms with van der Waals surface area (Å²) in [5.41, 5.74) is -0.331. The molecule has 0 saturated heterocycles. The quantitative estimate of drug-likeness (QED) is 0.818. The number of Topliss-reactive ketones (excluding diaryl/α,β-unsaturated/α-hetero) is 1. The Bertz CT molecular complexity index is 784. The normalized spacial score (nSPS) is 11.4. The number of aromatic nitrogens is 4. The van der Waals surface area contributed by atoms with Gasteiger partial charge in [0.25, 0.3) is 5.56 Å². The highest BCUT2D eigenvalue weighted by atomic mass is 32.2. The van der Waals surface area contributed by atoms with Crippen molar-refractivity contribution in [3.05, 3.63) is 20.8 Å². The molecule has 0 fully saturated rings. The maximum atomic E-state index is 11.8. The van der Waals surface area contributed by atoms with Crippen molar-refractivity contribution in [1.29, 1.82) is 0 Å². The van der Waals surface area contributed by atoms with Gasteiger partial charge in [-0.15, -0.1) is 0 Å². The zero-order chi connectivity index (χ0) is 15.0. The first kappa shape index (κ1) is 14.6. The van der Waals surface area contributed by atoms with Crippen LogP contribution in [-0.4, -0.2) is 30.6 Å². The van der Waals surface area contributed by atoms with Crippen molar-refractivity contribution in [3.8, 4) is 0 Å². The molecule has 2 rings (SSSR count). The van der Waals surface area contributed by atoms with Gasteiger partial charge in [-0.1, -0.05) is 25.6 Å². The number of imidazole rings is 1. The van der Waals surface area contributed by atoms with Crippen LogP contribution in [0.1, 0.15) is 13.8 Å². The SMILES string of the molecule is CC(C)C(=O)CSc1nc2c(c(=O)[nH]c(=O)n2C)n1C. The van der Waals surface area contributed by atoms with E-state index >= 15 is 0 Å². The molecule has 0 aliphatic carbocycles. The van der Waals surface area contributed by atoms with Gasteiger partial charge in [-0.2, -0.15) is 0 Å². The Morgan fingerprint density at radius 2 is 1.95 bits per heavy atom. The first-order valence-corrected chi connectivity index (χ1v) is 7.12. The number of hydrogen-bond donors (Lipinski definition) is 1. The van der Waals surface area contributed by atoms with Gasteiger partial charge in [0.1, 0.15) is 5.78 Å². The monoisotopic (exact) mass is 296 g/mol. The summed E-state index contributed by atoms with van der Waals surface area (Å²) in [6, 6.07) is 0. The molecule has 8 heteroatoms. The first-order valence-electron chi connectivity index (χ1n) is 6.14. The first-order chi connectivity index (χ1) is 9.32. The van der Waals surface area contributed by atoms with Crippen molar-refractivity contribution >= 4 is 28.7 Å². The number of rotatable bonds is 4. The molecular formula is C12H16N4O3S. The zero-order valence-electron chi connectivity index (χ0n) is 11.8. The molecular weight excluding hydrogens is 280 g/mol. The lowest BCUT2D eigenvalue weighted by Gasteiger charge is -2.03. The lowest BCUT2D eigenvalue weighted by atomic mass is 10.1. The summed E-state index contributed by atoms with van der Waals surface area (Å²) < 4.78 is 2.89. The minimum atomic E-state index is -0.504. The molecule has 0 spiro atoms. The van der Waals surface area contributed by atoms with E-state index in [-0.39, 0.29) is 11.7 Å². The molecule has 0 bridgehead atoms. The van der Waals surface area contributed by atoms with Crippen LogP contribution >= 0.6 is 11.8 Å². The van der Waals surface area contributed by atoms with E-state index in [4.69, 9.17) is 0 Å². The van der Waals surface area contributed by atoms with Crippen molar-refractivity contribution in [1.82, 2.24) is 19.1 Å². The Kier molecular flexibility index (Phi) is 3.85. The van der Waals surface area contributed by atoms with Crippen molar-refractivity contribution in [2.24, 2.45) is 20.0 Å². The third-order valence-corrected chi connectivity index (χ3v) is 4.13. The molecule has 2 heterocycles. The Morgan fingerprint density at radius 1 is 1.30 bits per heavy atom. The van der Waals surface area contributed by atoms with E-state index in [0.29, 0.717) is 22.1 Å². The molecule has 2 aromatic rings. The van der Waals surface area contributed by atoms with Crippen molar-refractivity contribution in [2.75, 3.05) is 5.75 Å². The van der Waals surface area contributed by atoms with Crippen LogP contribution < -0.4 is 11.2 Å².